The summed E-state index contributed by atoms with van der Waals surface area (Å²) >= 11 is 0. The molecule has 1 N–H and O–H groups in total. The van der Waals surface area contributed by atoms with Crippen molar-refractivity contribution in [3.8, 4) is 22.8 Å². The van der Waals surface area contributed by atoms with E-state index in [9.17, 15) is 4.79 Å². The molecule has 2 aromatic heterocycles. The maximum absolute atomic E-state index is 12.9. The quantitative estimate of drug-likeness (QED) is 0.529. The van der Waals surface area contributed by atoms with Crippen LogP contribution in [0.5, 0.6) is 11.5 Å². The first-order valence-electron chi connectivity index (χ1n) is 9.53. The largest absolute Gasteiger partial charge is 0.493 e. The van der Waals surface area contributed by atoms with Gasteiger partial charge in [0.25, 0.3) is 5.91 Å². The Morgan fingerprint density at radius 1 is 1.03 bits per heavy atom. The Labute approximate surface area is 174 Å². The standard InChI is InChI=1S/C23H22N4O3/c1-15(16-7-5-4-6-8-16)26-23(28)18-14-25-27-19(11-12-24-22(18)27)17-9-10-20(29-2)21(13-17)30-3/h4-15H,1-3H3,(H,26,28)/t15-/m1/s1. The lowest BCUT2D eigenvalue weighted by Gasteiger charge is -2.13. The molecule has 0 fully saturated rings. The summed E-state index contributed by atoms with van der Waals surface area (Å²) in [5.74, 6) is 1.03. The molecule has 0 saturated carbocycles. The summed E-state index contributed by atoms with van der Waals surface area (Å²) in [6.07, 6.45) is 3.21. The number of aromatic nitrogens is 3. The van der Waals surface area contributed by atoms with Crippen molar-refractivity contribution in [3.05, 3.63) is 78.1 Å². The van der Waals surface area contributed by atoms with Crippen molar-refractivity contribution in [3.63, 3.8) is 0 Å². The maximum Gasteiger partial charge on any atom is 0.257 e. The molecule has 30 heavy (non-hydrogen) atoms. The van der Waals surface area contributed by atoms with E-state index in [0.29, 0.717) is 22.7 Å². The van der Waals surface area contributed by atoms with Gasteiger partial charge in [-0.1, -0.05) is 30.3 Å². The fraction of sp³-hybridized carbons (Fsp3) is 0.174. The van der Waals surface area contributed by atoms with Gasteiger partial charge in [-0.3, -0.25) is 4.79 Å². The van der Waals surface area contributed by atoms with Crippen molar-refractivity contribution in [1.29, 1.82) is 0 Å². The Hall–Kier alpha value is -3.87. The van der Waals surface area contributed by atoms with E-state index in [1.807, 2.05) is 61.5 Å². The predicted molar refractivity (Wildman–Crippen MR) is 114 cm³/mol. The molecule has 1 atom stereocenters. The first-order chi connectivity index (χ1) is 14.6. The molecule has 1 amide bonds. The molecular weight excluding hydrogens is 380 g/mol. The third-order valence-corrected chi connectivity index (χ3v) is 4.97. The van der Waals surface area contributed by atoms with Crippen molar-refractivity contribution < 1.29 is 14.3 Å². The van der Waals surface area contributed by atoms with E-state index in [1.54, 1.807) is 31.1 Å². The van der Waals surface area contributed by atoms with Crippen molar-refractivity contribution in [1.82, 2.24) is 19.9 Å². The van der Waals surface area contributed by atoms with Crippen LogP contribution in [-0.4, -0.2) is 34.7 Å². The fourth-order valence-electron chi connectivity index (χ4n) is 3.37. The van der Waals surface area contributed by atoms with Gasteiger partial charge in [0.1, 0.15) is 5.56 Å². The lowest BCUT2D eigenvalue weighted by Crippen LogP contribution is -2.26. The SMILES string of the molecule is COc1ccc(-c2ccnc3c(C(=O)N[C@H](C)c4ccccc4)cnn23)cc1OC. The lowest BCUT2D eigenvalue weighted by molar-refractivity contribution is 0.0941. The van der Waals surface area contributed by atoms with Gasteiger partial charge >= 0.3 is 0 Å². The summed E-state index contributed by atoms with van der Waals surface area (Å²) in [7, 11) is 3.19. The van der Waals surface area contributed by atoms with Gasteiger partial charge in [-0.15, -0.1) is 0 Å². The van der Waals surface area contributed by atoms with E-state index < -0.39 is 0 Å². The van der Waals surface area contributed by atoms with Crippen LogP contribution in [-0.2, 0) is 0 Å². The van der Waals surface area contributed by atoms with E-state index in [-0.39, 0.29) is 11.9 Å². The Bertz CT molecular complexity index is 1190. The highest BCUT2D eigenvalue weighted by atomic mass is 16.5. The molecule has 0 spiro atoms. The number of carbonyl (C=O) groups excluding carboxylic acids is 1. The number of nitrogens with zero attached hydrogens (tertiary/aromatic N) is 3. The molecule has 0 bridgehead atoms. The number of nitrogens with one attached hydrogen (secondary N) is 1. The number of hydrogen-bond donors (Lipinski definition) is 1. The zero-order valence-corrected chi connectivity index (χ0v) is 17.0. The number of carbonyl (C=O) groups is 1. The van der Waals surface area contributed by atoms with Crippen LogP contribution in [0.2, 0.25) is 0 Å². The van der Waals surface area contributed by atoms with Crippen LogP contribution in [0.1, 0.15) is 28.9 Å². The first kappa shape index (κ1) is 19.4. The molecule has 152 valence electrons. The number of benzene rings is 2. The lowest BCUT2D eigenvalue weighted by atomic mass is 10.1. The second kappa shape index (κ2) is 8.24. The molecule has 0 aliphatic carbocycles. The second-order valence-electron chi connectivity index (χ2n) is 6.80. The Kier molecular flexibility index (Phi) is 5.34. The van der Waals surface area contributed by atoms with Crippen molar-refractivity contribution in [2.75, 3.05) is 14.2 Å². The van der Waals surface area contributed by atoms with Gasteiger partial charge in [0.15, 0.2) is 17.1 Å². The summed E-state index contributed by atoms with van der Waals surface area (Å²) in [4.78, 5) is 17.3. The van der Waals surface area contributed by atoms with Crippen molar-refractivity contribution in [2.45, 2.75) is 13.0 Å². The predicted octanol–water partition coefficient (Wildman–Crippen LogP) is 3.90. The van der Waals surface area contributed by atoms with Crippen LogP contribution in [0.15, 0.2) is 67.0 Å². The molecular formula is C23H22N4O3. The average Bonchev–Trinajstić information content (AvgIpc) is 3.23. The van der Waals surface area contributed by atoms with Gasteiger partial charge in [-0.2, -0.15) is 5.10 Å². The fourth-order valence-corrected chi connectivity index (χ4v) is 3.37. The monoisotopic (exact) mass is 402 g/mol. The first-order valence-corrected chi connectivity index (χ1v) is 9.53. The highest BCUT2D eigenvalue weighted by Gasteiger charge is 2.19. The number of rotatable bonds is 6. The van der Waals surface area contributed by atoms with Gasteiger partial charge in [0.05, 0.1) is 32.2 Å². The number of hydrogen-bond acceptors (Lipinski definition) is 5. The topological polar surface area (TPSA) is 77.8 Å². The van der Waals surface area contributed by atoms with Crippen LogP contribution < -0.4 is 14.8 Å². The molecule has 7 nitrogen and oxygen atoms in total. The molecule has 4 rings (SSSR count). The molecule has 4 aromatic rings. The number of amides is 1. The molecule has 0 saturated heterocycles. The van der Waals surface area contributed by atoms with E-state index in [4.69, 9.17) is 9.47 Å². The molecule has 2 heterocycles. The minimum Gasteiger partial charge on any atom is -0.493 e. The molecule has 0 unspecified atom stereocenters. The summed E-state index contributed by atoms with van der Waals surface area (Å²) in [6, 6.07) is 17.1. The number of ether oxygens (including phenoxy) is 2. The average molecular weight is 402 g/mol. The van der Waals surface area contributed by atoms with Crippen molar-refractivity contribution >= 4 is 11.6 Å². The van der Waals surface area contributed by atoms with Gasteiger partial charge in [0.2, 0.25) is 0 Å². The summed E-state index contributed by atoms with van der Waals surface area (Å²) in [6.45, 7) is 1.95. The molecule has 0 radical (unpaired) electrons. The van der Waals surface area contributed by atoms with Crippen LogP contribution in [0.4, 0.5) is 0 Å². The summed E-state index contributed by atoms with van der Waals surface area (Å²) in [5, 5.41) is 7.43. The number of methoxy groups -OCH3 is 2. The minimum atomic E-state index is -0.224. The van der Waals surface area contributed by atoms with Crippen LogP contribution >= 0.6 is 0 Å². The van der Waals surface area contributed by atoms with E-state index in [0.717, 1.165) is 16.8 Å². The zero-order valence-electron chi connectivity index (χ0n) is 17.0. The molecule has 2 aromatic carbocycles. The van der Waals surface area contributed by atoms with Crippen LogP contribution in [0.25, 0.3) is 16.9 Å². The molecule has 0 aliphatic rings. The van der Waals surface area contributed by atoms with E-state index in [1.165, 1.54) is 0 Å². The Morgan fingerprint density at radius 2 is 1.80 bits per heavy atom. The van der Waals surface area contributed by atoms with E-state index >= 15 is 0 Å². The summed E-state index contributed by atoms with van der Waals surface area (Å²) < 4.78 is 12.4. The Morgan fingerprint density at radius 3 is 2.53 bits per heavy atom. The summed E-state index contributed by atoms with van der Waals surface area (Å²) in [5.41, 5.74) is 3.59. The van der Waals surface area contributed by atoms with Gasteiger partial charge in [0, 0.05) is 11.8 Å². The van der Waals surface area contributed by atoms with Crippen LogP contribution in [0.3, 0.4) is 0 Å². The van der Waals surface area contributed by atoms with Gasteiger partial charge < -0.3 is 14.8 Å². The zero-order chi connectivity index (χ0) is 21.1. The minimum absolute atomic E-state index is 0.136. The second-order valence-corrected chi connectivity index (χ2v) is 6.80. The Balaban J connectivity index is 1.68. The number of fused-ring (bicyclic) bond motifs is 1. The maximum atomic E-state index is 12.9. The van der Waals surface area contributed by atoms with Gasteiger partial charge in [-0.05, 0) is 36.8 Å². The third-order valence-electron chi connectivity index (χ3n) is 4.97. The van der Waals surface area contributed by atoms with Crippen LogP contribution in [0, 0.1) is 0 Å². The van der Waals surface area contributed by atoms with E-state index in [2.05, 4.69) is 15.4 Å². The molecule has 0 aliphatic heterocycles. The highest BCUT2D eigenvalue weighted by Crippen LogP contribution is 2.32. The highest BCUT2D eigenvalue weighted by molar-refractivity contribution is 6.00. The third kappa shape index (κ3) is 3.57. The van der Waals surface area contributed by atoms with Gasteiger partial charge in [-0.25, -0.2) is 9.50 Å². The normalized spacial score (nSPS) is 11.8. The van der Waals surface area contributed by atoms with Crippen molar-refractivity contribution in [2.24, 2.45) is 0 Å². The molecule has 7 heteroatoms. The smallest absolute Gasteiger partial charge is 0.257 e.